The summed E-state index contributed by atoms with van der Waals surface area (Å²) in [5, 5.41) is 24.6. The zero-order valence-corrected chi connectivity index (χ0v) is 16.7. The molecule has 0 unspecified atom stereocenters. The molecule has 3 aromatic rings. The molecule has 0 radical (unpaired) electrons. The predicted octanol–water partition coefficient (Wildman–Crippen LogP) is 4.26. The van der Waals surface area contributed by atoms with Gasteiger partial charge in [0.15, 0.2) is 5.82 Å². The van der Waals surface area contributed by atoms with Crippen LogP contribution in [0.25, 0.3) is 10.7 Å². The Hall–Kier alpha value is -3.05. The van der Waals surface area contributed by atoms with Crippen molar-refractivity contribution in [1.29, 1.82) is 0 Å². The van der Waals surface area contributed by atoms with Gasteiger partial charge in [-0.2, -0.15) is 14.9 Å². The molecule has 1 N–H and O–H groups in total. The van der Waals surface area contributed by atoms with Crippen LogP contribution < -0.4 is 9.47 Å². The van der Waals surface area contributed by atoms with Crippen molar-refractivity contribution in [3.63, 3.8) is 0 Å². The summed E-state index contributed by atoms with van der Waals surface area (Å²) >= 11 is 6.74. The van der Waals surface area contributed by atoms with Crippen molar-refractivity contribution in [3.8, 4) is 22.2 Å². The SMILES string of the molecule is CCOc1cc(OCC)c([N+](=O)[O-])cc1/C=N\n1c(-c2cccs2)n[nH]c1=S. The molecule has 0 atom stereocenters. The monoisotopic (exact) mass is 419 g/mol. The molecule has 9 nitrogen and oxygen atoms in total. The van der Waals surface area contributed by atoms with E-state index in [1.165, 1.54) is 34.4 Å². The van der Waals surface area contributed by atoms with Gasteiger partial charge in [0.2, 0.25) is 10.5 Å². The first-order valence-electron chi connectivity index (χ1n) is 8.38. The minimum atomic E-state index is -0.501. The first-order valence-corrected chi connectivity index (χ1v) is 9.67. The van der Waals surface area contributed by atoms with Crippen molar-refractivity contribution in [2.45, 2.75) is 13.8 Å². The third-order valence-corrected chi connectivity index (χ3v) is 4.72. The van der Waals surface area contributed by atoms with Crippen LogP contribution in [0.3, 0.4) is 0 Å². The Morgan fingerprint density at radius 3 is 2.75 bits per heavy atom. The first-order chi connectivity index (χ1) is 13.5. The number of thiophene rings is 1. The number of nitrogens with zero attached hydrogens (tertiary/aromatic N) is 4. The van der Waals surface area contributed by atoms with E-state index in [1.54, 1.807) is 6.92 Å². The lowest BCUT2D eigenvalue weighted by molar-refractivity contribution is -0.385. The second-order valence-electron chi connectivity index (χ2n) is 5.37. The molecule has 0 saturated carbocycles. The quantitative estimate of drug-likeness (QED) is 0.253. The number of aromatic nitrogens is 3. The van der Waals surface area contributed by atoms with E-state index in [-0.39, 0.29) is 11.4 Å². The van der Waals surface area contributed by atoms with E-state index in [2.05, 4.69) is 15.3 Å². The van der Waals surface area contributed by atoms with Crippen LogP contribution in [0.15, 0.2) is 34.7 Å². The van der Waals surface area contributed by atoms with E-state index >= 15 is 0 Å². The zero-order chi connectivity index (χ0) is 20.1. The molecule has 0 bridgehead atoms. The van der Waals surface area contributed by atoms with E-state index in [9.17, 15) is 10.1 Å². The number of H-pyrrole nitrogens is 1. The van der Waals surface area contributed by atoms with Crippen LogP contribution in [-0.4, -0.2) is 39.2 Å². The van der Waals surface area contributed by atoms with Crippen molar-refractivity contribution in [1.82, 2.24) is 14.9 Å². The highest BCUT2D eigenvalue weighted by Crippen LogP contribution is 2.34. The molecule has 0 amide bonds. The molecule has 1 aromatic carbocycles. The topological polar surface area (TPSA) is 108 Å². The molecule has 146 valence electrons. The zero-order valence-electron chi connectivity index (χ0n) is 15.1. The number of nitro groups is 1. The molecular weight excluding hydrogens is 402 g/mol. The van der Waals surface area contributed by atoms with Crippen LogP contribution in [0.1, 0.15) is 19.4 Å². The summed E-state index contributed by atoms with van der Waals surface area (Å²) in [5.41, 5.74) is 0.262. The summed E-state index contributed by atoms with van der Waals surface area (Å²) in [6, 6.07) is 6.67. The normalized spacial score (nSPS) is 11.1. The van der Waals surface area contributed by atoms with Crippen LogP contribution in [0, 0.1) is 14.9 Å². The predicted molar refractivity (Wildman–Crippen MR) is 109 cm³/mol. The number of ether oxygens (including phenoxy) is 2. The molecular formula is C17H17N5O4S2. The second-order valence-corrected chi connectivity index (χ2v) is 6.70. The molecule has 0 spiro atoms. The van der Waals surface area contributed by atoms with Crippen LogP contribution >= 0.6 is 23.6 Å². The molecule has 2 heterocycles. The minimum absolute atomic E-state index is 0.146. The minimum Gasteiger partial charge on any atom is -0.493 e. The van der Waals surface area contributed by atoms with Gasteiger partial charge in [0.25, 0.3) is 0 Å². The van der Waals surface area contributed by atoms with Gasteiger partial charge in [0.1, 0.15) is 5.75 Å². The Morgan fingerprint density at radius 1 is 1.36 bits per heavy atom. The van der Waals surface area contributed by atoms with Gasteiger partial charge in [0, 0.05) is 17.7 Å². The Balaban J connectivity index is 2.07. The fraction of sp³-hybridized carbons (Fsp3) is 0.235. The Kier molecular flexibility index (Phi) is 6.16. The number of hydrogen-bond acceptors (Lipinski definition) is 8. The third kappa shape index (κ3) is 4.10. The third-order valence-electron chi connectivity index (χ3n) is 3.59. The summed E-state index contributed by atoms with van der Waals surface area (Å²) < 4.78 is 12.7. The van der Waals surface area contributed by atoms with Gasteiger partial charge in [-0.25, -0.2) is 5.10 Å². The standard InChI is InChI=1S/C17H17N5O4S2/c1-3-25-13-9-14(26-4-2)12(22(23)24)8-11(13)10-18-21-16(19-20-17(21)27)15-6-5-7-28-15/h5-10H,3-4H2,1-2H3,(H,20,27)/b18-10-. The van der Waals surface area contributed by atoms with Gasteiger partial charge in [-0.3, -0.25) is 10.1 Å². The Labute approximate surface area is 169 Å². The van der Waals surface area contributed by atoms with Crippen molar-refractivity contribution >= 4 is 35.5 Å². The van der Waals surface area contributed by atoms with Crippen LogP contribution in [0.5, 0.6) is 11.5 Å². The van der Waals surface area contributed by atoms with E-state index < -0.39 is 4.92 Å². The van der Waals surface area contributed by atoms with Crippen LogP contribution in [0.4, 0.5) is 5.69 Å². The lowest BCUT2D eigenvalue weighted by atomic mass is 10.1. The summed E-state index contributed by atoms with van der Waals surface area (Å²) in [6.07, 6.45) is 1.45. The van der Waals surface area contributed by atoms with Crippen molar-refractivity contribution in [3.05, 3.63) is 50.1 Å². The second kappa shape index (κ2) is 8.76. The molecule has 11 heteroatoms. The summed E-state index contributed by atoms with van der Waals surface area (Å²) in [4.78, 5) is 11.8. The number of aromatic amines is 1. The maximum atomic E-state index is 11.4. The molecule has 2 aromatic heterocycles. The van der Waals surface area contributed by atoms with E-state index in [0.717, 1.165) is 4.88 Å². The van der Waals surface area contributed by atoms with E-state index in [4.69, 9.17) is 21.7 Å². The maximum absolute atomic E-state index is 11.4. The van der Waals surface area contributed by atoms with Crippen LogP contribution in [-0.2, 0) is 0 Å². The fourth-order valence-corrected chi connectivity index (χ4v) is 3.32. The maximum Gasteiger partial charge on any atom is 0.311 e. The molecule has 0 aliphatic carbocycles. The Morgan fingerprint density at radius 2 is 2.11 bits per heavy atom. The average Bonchev–Trinajstić information content (AvgIpc) is 3.31. The van der Waals surface area contributed by atoms with Gasteiger partial charge >= 0.3 is 5.69 Å². The number of hydrogen-bond donors (Lipinski definition) is 1. The fourth-order valence-electron chi connectivity index (χ4n) is 2.45. The van der Waals surface area contributed by atoms with Gasteiger partial charge < -0.3 is 9.47 Å². The molecule has 0 aliphatic heterocycles. The van der Waals surface area contributed by atoms with Gasteiger partial charge in [0.05, 0.1) is 29.2 Å². The lowest BCUT2D eigenvalue weighted by Gasteiger charge is -2.10. The molecule has 0 aliphatic rings. The summed E-state index contributed by atoms with van der Waals surface area (Å²) in [5.74, 6) is 1.12. The number of nitro benzene ring substituents is 1. The van der Waals surface area contributed by atoms with E-state index in [0.29, 0.717) is 35.1 Å². The smallest absolute Gasteiger partial charge is 0.311 e. The first kappa shape index (κ1) is 19.7. The van der Waals surface area contributed by atoms with E-state index in [1.807, 2.05) is 24.4 Å². The largest absolute Gasteiger partial charge is 0.493 e. The van der Waals surface area contributed by atoms with Crippen molar-refractivity contribution in [2.75, 3.05) is 13.2 Å². The van der Waals surface area contributed by atoms with Crippen molar-refractivity contribution < 1.29 is 14.4 Å². The number of benzene rings is 1. The number of nitrogens with one attached hydrogen (secondary N) is 1. The van der Waals surface area contributed by atoms with Gasteiger partial charge in [-0.15, -0.1) is 11.3 Å². The van der Waals surface area contributed by atoms with Crippen molar-refractivity contribution in [2.24, 2.45) is 5.10 Å². The molecule has 0 fully saturated rings. The number of rotatable bonds is 8. The van der Waals surface area contributed by atoms with Crippen LogP contribution in [0.2, 0.25) is 0 Å². The highest BCUT2D eigenvalue weighted by Gasteiger charge is 2.20. The van der Waals surface area contributed by atoms with Gasteiger partial charge in [-0.1, -0.05) is 6.07 Å². The molecule has 0 saturated heterocycles. The lowest BCUT2D eigenvalue weighted by Crippen LogP contribution is -2.03. The summed E-state index contributed by atoms with van der Waals surface area (Å²) in [7, 11) is 0. The molecule has 3 rings (SSSR count). The highest BCUT2D eigenvalue weighted by molar-refractivity contribution is 7.71. The average molecular weight is 419 g/mol. The summed E-state index contributed by atoms with van der Waals surface area (Å²) in [6.45, 7) is 4.26. The van der Waals surface area contributed by atoms with Gasteiger partial charge in [-0.05, 0) is 37.5 Å². The molecule has 28 heavy (non-hydrogen) atoms. The highest BCUT2D eigenvalue weighted by atomic mass is 32.1. The Bertz CT molecular complexity index is 1060.